The molecule has 1 heterocycles. The SMILES string of the molecule is CCNC(=NCc1nncn1C)N(C)Cc1ccc(OC)cc1. The summed E-state index contributed by atoms with van der Waals surface area (Å²) >= 11 is 0. The predicted octanol–water partition coefficient (Wildman–Crippen LogP) is 1.42. The first-order valence-electron chi connectivity index (χ1n) is 7.59. The van der Waals surface area contributed by atoms with Crippen LogP contribution >= 0.6 is 0 Å². The van der Waals surface area contributed by atoms with Gasteiger partial charge in [-0.1, -0.05) is 12.1 Å². The third kappa shape index (κ3) is 4.70. The van der Waals surface area contributed by atoms with E-state index in [2.05, 4.69) is 44.5 Å². The normalized spacial score (nSPS) is 11.4. The number of guanidine groups is 1. The van der Waals surface area contributed by atoms with E-state index in [1.165, 1.54) is 5.56 Å². The standard InChI is InChI=1S/C16H24N6O/c1-5-17-16(18-10-15-20-19-12-22(15)3)21(2)11-13-6-8-14(23-4)9-7-13/h6-9,12H,5,10-11H2,1-4H3,(H,17,18). The number of aryl methyl sites for hydroxylation is 1. The fourth-order valence-corrected chi connectivity index (χ4v) is 2.15. The predicted molar refractivity (Wildman–Crippen MR) is 90.3 cm³/mol. The zero-order chi connectivity index (χ0) is 16.7. The number of nitrogens with one attached hydrogen (secondary N) is 1. The molecule has 0 saturated carbocycles. The summed E-state index contributed by atoms with van der Waals surface area (Å²) in [6, 6.07) is 8.04. The second-order valence-electron chi connectivity index (χ2n) is 5.23. The molecule has 7 nitrogen and oxygen atoms in total. The maximum absolute atomic E-state index is 5.19. The van der Waals surface area contributed by atoms with Gasteiger partial charge < -0.3 is 19.5 Å². The molecule has 0 spiro atoms. The van der Waals surface area contributed by atoms with Crippen molar-refractivity contribution in [2.75, 3.05) is 20.7 Å². The topological polar surface area (TPSA) is 67.6 Å². The van der Waals surface area contributed by atoms with Crippen LogP contribution in [0.5, 0.6) is 5.75 Å². The lowest BCUT2D eigenvalue weighted by Crippen LogP contribution is -2.38. The number of benzene rings is 1. The minimum Gasteiger partial charge on any atom is -0.497 e. The van der Waals surface area contributed by atoms with Crippen molar-refractivity contribution < 1.29 is 4.74 Å². The van der Waals surface area contributed by atoms with Gasteiger partial charge in [-0.3, -0.25) is 0 Å². The molecule has 2 rings (SSSR count). The molecule has 0 aliphatic carbocycles. The molecule has 23 heavy (non-hydrogen) atoms. The molecule has 7 heteroatoms. The molecule has 0 radical (unpaired) electrons. The third-order valence-corrected chi connectivity index (χ3v) is 3.45. The highest BCUT2D eigenvalue weighted by molar-refractivity contribution is 5.79. The van der Waals surface area contributed by atoms with E-state index in [-0.39, 0.29) is 0 Å². The van der Waals surface area contributed by atoms with Gasteiger partial charge in [-0.15, -0.1) is 10.2 Å². The van der Waals surface area contributed by atoms with E-state index in [1.807, 2.05) is 30.8 Å². The minimum absolute atomic E-state index is 0.492. The Morgan fingerprint density at radius 3 is 2.65 bits per heavy atom. The van der Waals surface area contributed by atoms with Crippen molar-refractivity contribution in [2.45, 2.75) is 20.0 Å². The number of rotatable bonds is 6. The Hall–Kier alpha value is -2.57. The second kappa shape index (κ2) is 8.17. The molecule has 0 fully saturated rings. The van der Waals surface area contributed by atoms with Crippen molar-refractivity contribution in [3.05, 3.63) is 42.0 Å². The van der Waals surface area contributed by atoms with Gasteiger partial charge in [-0.05, 0) is 24.6 Å². The summed E-state index contributed by atoms with van der Waals surface area (Å²) in [4.78, 5) is 6.72. The number of aromatic nitrogens is 3. The van der Waals surface area contributed by atoms with Crippen LogP contribution in [0.4, 0.5) is 0 Å². The van der Waals surface area contributed by atoms with Crippen LogP contribution in [-0.2, 0) is 20.1 Å². The van der Waals surface area contributed by atoms with E-state index in [9.17, 15) is 0 Å². The van der Waals surface area contributed by atoms with Crippen LogP contribution in [-0.4, -0.2) is 46.3 Å². The molecular formula is C16H24N6O. The Balaban J connectivity index is 2.04. The summed E-state index contributed by atoms with van der Waals surface area (Å²) in [5.74, 6) is 2.53. The lowest BCUT2D eigenvalue weighted by molar-refractivity contribution is 0.414. The molecule has 1 N–H and O–H groups in total. The van der Waals surface area contributed by atoms with Crippen molar-refractivity contribution in [1.29, 1.82) is 0 Å². The van der Waals surface area contributed by atoms with E-state index < -0.39 is 0 Å². The summed E-state index contributed by atoms with van der Waals surface area (Å²) in [7, 11) is 5.60. The molecule has 1 aromatic carbocycles. The van der Waals surface area contributed by atoms with Crippen LogP contribution in [0.1, 0.15) is 18.3 Å². The van der Waals surface area contributed by atoms with Crippen LogP contribution in [0, 0.1) is 0 Å². The van der Waals surface area contributed by atoms with Gasteiger partial charge in [-0.2, -0.15) is 0 Å². The van der Waals surface area contributed by atoms with Gasteiger partial charge in [0.25, 0.3) is 0 Å². The first-order chi connectivity index (χ1) is 11.1. The first kappa shape index (κ1) is 16.8. The zero-order valence-electron chi connectivity index (χ0n) is 14.2. The summed E-state index contributed by atoms with van der Waals surface area (Å²) < 4.78 is 7.06. The van der Waals surface area contributed by atoms with Gasteiger partial charge in [-0.25, -0.2) is 4.99 Å². The van der Waals surface area contributed by atoms with E-state index in [1.54, 1.807) is 13.4 Å². The van der Waals surface area contributed by atoms with Gasteiger partial charge in [0.2, 0.25) is 0 Å². The Morgan fingerprint density at radius 1 is 1.35 bits per heavy atom. The Morgan fingerprint density at radius 2 is 2.09 bits per heavy atom. The highest BCUT2D eigenvalue weighted by atomic mass is 16.5. The van der Waals surface area contributed by atoms with Crippen LogP contribution < -0.4 is 10.1 Å². The van der Waals surface area contributed by atoms with E-state index in [4.69, 9.17) is 4.74 Å². The minimum atomic E-state index is 0.492. The highest BCUT2D eigenvalue weighted by Crippen LogP contribution is 2.12. The quantitative estimate of drug-likeness (QED) is 0.645. The van der Waals surface area contributed by atoms with Crippen LogP contribution in [0.25, 0.3) is 0 Å². The molecular weight excluding hydrogens is 292 g/mol. The maximum Gasteiger partial charge on any atom is 0.194 e. The molecule has 2 aromatic rings. The third-order valence-electron chi connectivity index (χ3n) is 3.45. The first-order valence-corrected chi connectivity index (χ1v) is 7.59. The Labute approximate surface area is 137 Å². The smallest absolute Gasteiger partial charge is 0.194 e. The average molecular weight is 316 g/mol. The summed E-state index contributed by atoms with van der Waals surface area (Å²) in [6.45, 7) is 4.12. The van der Waals surface area contributed by atoms with E-state index >= 15 is 0 Å². The van der Waals surface area contributed by atoms with Gasteiger partial charge in [0, 0.05) is 27.2 Å². The number of nitrogens with zero attached hydrogens (tertiary/aromatic N) is 5. The average Bonchev–Trinajstić information content (AvgIpc) is 2.97. The van der Waals surface area contributed by atoms with Crippen molar-refractivity contribution in [2.24, 2.45) is 12.0 Å². The van der Waals surface area contributed by atoms with Crippen molar-refractivity contribution >= 4 is 5.96 Å². The van der Waals surface area contributed by atoms with E-state index in [0.717, 1.165) is 30.6 Å². The van der Waals surface area contributed by atoms with E-state index in [0.29, 0.717) is 6.54 Å². The molecule has 0 aliphatic heterocycles. The molecule has 0 bridgehead atoms. The fraction of sp³-hybridized carbons (Fsp3) is 0.438. The zero-order valence-corrected chi connectivity index (χ0v) is 14.2. The molecule has 0 saturated heterocycles. The monoisotopic (exact) mass is 316 g/mol. The number of methoxy groups -OCH3 is 1. The largest absolute Gasteiger partial charge is 0.497 e. The van der Waals surface area contributed by atoms with Gasteiger partial charge in [0.1, 0.15) is 18.6 Å². The molecule has 0 unspecified atom stereocenters. The van der Waals surface area contributed by atoms with Crippen molar-refractivity contribution in [3.8, 4) is 5.75 Å². The Kier molecular flexibility index (Phi) is 5.96. The lowest BCUT2D eigenvalue weighted by Gasteiger charge is -2.22. The van der Waals surface area contributed by atoms with Crippen LogP contribution in [0.3, 0.4) is 0 Å². The summed E-state index contributed by atoms with van der Waals surface area (Å²) in [5.41, 5.74) is 1.19. The summed E-state index contributed by atoms with van der Waals surface area (Å²) in [5, 5.41) is 11.2. The second-order valence-corrected chi connectivity index (χ2v) is 5.23. The fourth-order valence-electron chi connectivity index (χ4n) is 2.15. The Bertz CT molecular complexity index is 634. The van der Waals surface area contributed by atoms with Crippen molar-refractivity contribution in [1.82, 2.24) is 25.0 Å². The lowest BCUT2D eigenvalue weighted by atomic mass is 10.2. The molecule has 0 aliphatic rings. The van der Waals surface area contributed by atoms with Gasteiger partial charge in [0.05, 0.1) is 7.11 Å². The number of ether oxygens (including phenoxy) is 1. The summed E-state index contributed by atoms with van der Waals surface area (Å²) in [6.07, 6.45) is 1.68. The number of aliphatic imine (C=N–C) groups is 1. The molecule has 1 aromatic heterocycles. The van der Waals surface area contributed by atoms with Gasteiger partial charge >= 0.3 is 0 Å². The maximum atomic E-state index is 5.19. The number of hydrogen-bond acceptors (Lipinski definition) is 4. The van der Waals surface area contributed by atoms with Crippen LogP contribution in [0.2, 0.25) is 0 Å². The van der Waals surface area contributed by atoms with Crippen LogP contribution in [0.15, 0.2) is 35.6 Å². The van der Waals surface area contributed by atoms with Gasteiger partial charge in [0.15, 0.2) is 11.8 Å². The molecule has 124 valence electrons. The number of hydrogen-bond donors (Lipinski definition) is 1. The molecule has 0 atom stereocenters. The highest BCUT2D eigenvalue weighted by Gasteiger charge is 2.08. The molecule has 0 amide bonds. The van der Waals surface area contributed by atoms with Crippen molar-refractivity contribution in [3.63, 3.8) is 0 Å².